The van der Waals surface area contributed by atoms with Crippen molar-refractivity contribution in [2.45, 2.75) is 4.90 Å². The largest absolute Gasteiger partial charge is 0.493 e. The van der Waals surface area contributed by atoms with Crippen LogP contribution in [0.1, 0.15) is 15.9 Å². The standard InChI is InChI=1S/C19H17ClO4S/c1-22-15-7-11(8-16(23-2)19(15)24-3)6-12-10-25-17-5-4-13(20)9-14(17)18(12)21/h4-9H,10H2,1-3H3/b12-6-. The number of hydrogen-bond acceptors (Lipinski definition) is 5. The normalized spacial score (nSPS) is 15.0. The molecule has 0 aliphatic carbocycles. The number of halogens is 1. The van der Waals surface area contributed by atoms with Crippen molar-refractivity contribution in [3.63, 3.8) is 0 Å². The van der Waals surface area contributed by atoms with Gasteiger partial charge in [0.1, 0.15) is 0 Å². The highest BCUT2D eigenvalue weighted by Crippen LogP contribution is 2.40. The molecule has 4 nitrogen and oxygen atoms in total. The van der Waals surface area contributed by atoms with E-state index in [1.54, 1.807) is 45.2 Å². The molecule has 1 aliphatic heterocycles. The third kappa shape index (κ3) is 3.48. The maximum Gasteiger partial charge on any atom is 0.203 e. The van der Waals surface area contributed by atoms with E-state index in [0.29, 0.717) is 39.2 Å². The minimum absolute atomic E-state index is 0.00926. The van der Waals surface area contributed by atoms with Crippen LogP contribution in [0.25, 0.3) is 6.08 Å². The average molecular weight is 377 g/mol. The van der Waals surface area contributed by atoms with Crippen LogP contribution in [0.5, 0.6) is 17.2 Å². The Labute approximate surface area is 155 Å². The summed E-state index contributed by atoms with van der Waals surface area (Å²) in [4.78, 5) is 13.7. The van der Waals surface area contributed by atoms with Crippen LogP contribution >= 0.6 is 23.4 Å². The van der Waals surface area contributed by atoms with Crippen LogP contribution < -0.4 is 14.2 Å². The number of hydrogen-bond donors (Lipinski definition) is 0. The molecule has 0 unspecified atom stereocenters. The van der Waals surface area contributed by atoms with E-state index in [1.807, 2.05) is 24.3 Å². The predicted molar refractivity (Wildman–Crippen MR) is 101 cm³/mol. The number of carbonyl (C=O) groups is 1. The summed E-state index contributed by atoms with van der Waals surface area (Å²) < 4.78 is 16.1. The first kappa shape index (κ1) is 17.7. The molecule has 2 aromatic carbocycles. The van der Waals surface area contributed by atoms with Gasteiger partial charge in [-0.05, 0) is 42.0 Å². The van der Waals surface area contributed by atoms with Gasteiger partial charge >= 0.3 is 0 Å². The smallest absolute Gasteiger partial charge is 0.203 e. The van der Waals surface area contributed by atoms with Crippen LogP contribution in [0.3, 0.4) is 0 Å². The molecule has 2 aromatic rings. The second-order valence-electron chi connectivity index (χ2n) is 5.39. The first-order valence-electron chi connectivity index (χ1n) is 7.55. The van der Waals surface area contributed by atoms with Crippen molar-refractivity contribution < 1.29 is 19.0 Å². The lowest BCUT2D eigenvalue weighted by molar-refractivity contribution is 0.103. The molecule has 0 saturated carbocycles. The van der Waals surface area contributed by atoms with Gasteiger partial charge < -0.3 is 14.2 Å². The molecule has 1 aliphatic rings. The number of thioether (sulfide) groups is 1. The Morgan fingerprint density at radius 2 is 1.72 bits per heavy atom. The summed E-state index contributed by atoms with van der Waals surface area (Å²) in [5.41, 5.74) is 2.15. The van der Waals surface area contributed by atoms with Crippen LogP contribution in [0, 0.1) is 0 Å². The molecule has 1 heterocycles. The highest BCUT2D eigenvalue weighted by Gasteiger charge is 2.23. The van der Waals surface area contributed by atoms with Gasteiger partial charge in [0.25, 0.3) is 0 Å². The Hall–Kier alpha value is -2.11. The summed E-state index contributed by atoms with van der Waals surface area (Å²) in [6, 6.07) is 9.04. The fraction of sp³-hybridized carbons (Fsp3) is 0.211. The van der Waals surface area contributed by atoms with Gasteiger partial charge in [0.05, 0.1) is 21.3 Å². The quantitative estimate of drug-likeness (QED) is 0.721. The number of methoxy groups -OCH3 is 3. The molecule has 0 atom stereocenters. The van der Waals surface area contributed by atoms with E-state index >= 15 is 0 Å². The van der Waals surface area contributed by atoms with Gasteiger partial charge in [-0.3, -0.25) is 4.79 Å². The SMILES string of the molecule is COc1cc(/C=C2/CSc3ccc(Cl)cc3C2=O)cc(OC)c1OC. The van der Waals surface area contributed by atoms with Crippen LogP contribution in [-0.4, -0.2) is 32.9 Å². The summed E-state index contributed by atoms with van der Waals surface area (Å²) in [6.45, 7) is 0. The van der Waals surface area contributed by atoms with Crippen LogP contribution in [0.2, 0.25) is 5.02 Å². The summed E-state index contributed by atoms with van der Waals surface area (Å²) in [5.74, 6) is 2.21. The Bertz CT molecular complexity index is 835. The monoisotopic (exact) mass is 376 g/mol. The zero-order valence-electron chi connectivity index (χ0n) is 14.1. The average Bonchev–Trinajstić information content (AvgIpc) is 2.63. The number of benzene rings is 2. The van der Waals surface area contributed by atoms with Crippen LogP contribution in [0.15, 0.2) is 40.8 Å². The Morgan fingerprint density at radius 3 is 2.32 bits per heavy atom. The molecule has 0 bridgehead atoms. The van der Waals surface area contributed by atoms with Crippen molar-refractivity contribution in [1.82, 2.24) is 0 Å². The third-order valence-electron chi connectivity index (χ3n) is 3.89. The Balaban J connectivity index is 2.02. The second-order valence-corrected chi connectivity index (χ2v) is 6.84. The van der Waals surface area contributed by atoms with Gasteiger partial charge in [-0.15, -0.1) is 11.8 Å². The molecular formula is C19H17ClO4S. The van der Waals surface area contributed by atoms with Gasteiger partial charge in [-0.2, -0.15) is 0 Å². The topological polar surface area (TPSA) is 44.8 Å². The van der Waals surface area contributed by atoms with Gasteiger partial charge in [0.15, 0.2) is 17.3 Å². The van der Waals surface area contributed by atoms with E-state index in [1.165, 1.54) is 0 Å². The number of fused-ring (bicyclic) bond motifs is 1. The summed E-state index contributed by atoms with van der Waals surface area (Å²) in [6.07, 6.45) is 1.85. The second kappa shape index (κ2) is 7.42. The molecule has 130 valence electrons. The lowest BCUT2D eigenvalue weighted by Crippen LogP contribution is -2.12. The van der Waals surface area contributed by atoms with Crippen molar-refractivity contribution in [2.24, 2.45) is 0 Å². The summed E-state index contributed by atoms with van der Waals surface area (Å²) >= 11 is 7.66. The molecule has 6 heteroatoms. The molecule has 3 rings (SSSR count). The van der Waals surface area contributed by atoms with Gasteiger partial charge in [0.2, 0.25) is 5.75 Å². The van der Waals surface area contributed by atoms with Gasteiger partial charge in [-0.1, -0.05) is 11.6 Å². The molecule has 0 amide bonds. The summed E-state index contributed by atoms with van der Waals surface area (Å²) in [7, 11) is 4.68. The highest BCUT2D eigenvalue weighted by molar-refractivity contribution is 7.99. The van der Waals surface area contributed by atoms with Crippen LogP contribution in [-0.2, 0) is 0 Å². The van der Waals surface area contributed by atoms with E-state index in [9.17, 15) is 4.79 Å². The van der Waals surface area contributed by atoms with Crippen molar-refractivity contribution in [2.75, 3.05) is 27.1 Å². The molecule has 0 N–H and O–H groups in total. The third-order valence-corrected chi connectivity index (χ3v) is 5.25. The fourth-order valence-electron chi connectivity index (χ4n) is 2.69. The molecule has 0 radical (unpaired) electrons. The lowest BCUT2D eigenvalue weighted by atomic mass is 10.0. The number of rotatable bonds is 4. The Kier molecular flexibility index (Phi) is 5.25. The zero-order valence-corrected chi connectivity index (χ0v) is 15.7. The maximum absolute atomic E-state index is 12.8. The van der Waals surface area contributed by atoms with Crippen molar-refractivity contribution in [3.8, 4) is 17.2 Å². The van der Waals surface area contributed by atoms with E-state index in [0.717, 1.165) is 10.5 Å². The lowest BCUT2D eigenvalue weighted by Gasteiger charge is -2.18. The molecule has 25 heavy (non-hydrogen) atoms. The minimum atomic E-state index is -0.00926. The van der Waals surface area contributed by atoms with Gasteiger partial charge in [-0.25, -0.2) is 0 Å². The maximum atomic E-state index is 12.8. The van der Waals surface area contributed by atoms with E-state index in [2.05, 4.69) is 0 Å². The van der Waals surface area contributed by atoms with Crippen molar-refractivity contribution >= 4 is 35.2 Å². The number of carbonyl (C=O) groups excluding carboxylic acids is 1. The van der Waals surface area contributed by atoms with E-state index in [-0.39, 0.29) is 5.78 Å². The zero-order chi connectivity index (χ0) is 18.0. The minimum Gasteiger partial charge on any atom is -0.493 e. The number of ether oxygens (including phenoxy) is 3. The molecule has 0 spiro atoms. The van der Waals surface area contributed by atoms with Crippen molar-refractivity contribution in [3.05, 3.63) is 52.1 Å². The molecule has 0 aromatic heterocycles. The number of ketones is 1. The van der Waals surface area contributed by atoms with Crippen LogP contribution in [0.4, 0.5) is 0 Å². The molecule has 0 fully saturated rings. The Morgan fingerprint density at radius 1 is 1.04 bits per heavy atom. The number of Topliss-reactive ketones (excluding diaryl/α,β-unsaturated/α-hetero) is 1. The first-order chi connectivity index (χ1) is 12.1. The predicted octanol–water partition coefficient (Wildman–Crippen LogP) is 4.74. The first-order valence-corrected chi connectivity index (χ1v) is 8.91. The summed E-state index contributed by atoms with van der Waals surface area (Å²) in [5, 5.41) is 0.557. The fourth-order valence-corrected chi connectivity index (χ4v) is 3.86. The highest BCUT2D eigenvalue weighted by atomic mass is 35.5. The molecule has 0 saturated heterocycles. The molecular weight excluding hydrogens is 360 g/mol. The van der Waals surface area contributed by atoms with E-state index in [4.69, 9.17) is 25.8 Å². The van der Waals surface area contributed by atoms with Gasteiger partial charge in [0, 0.05) is 26.8 Å². The van der Waals surface area contributed by atoms with E-state index < -0.39 is 0 Å². The van der Waals surface area contributed by atoms with Crippen molar-refractivity contribution in [1.29, 1.82) is 0 Å².